The van der Waals surface area contributed by atoms with Gasteiger partial charge in [-0.2, -0.15) is 0 Å². The normalized spacial score (nSPS) is 11.0. The number of benzene rings is 1. The molecule has 100 valence electrons. The first kappa shape index (κ1) is 11.8. The summed E-state index contributed by atoms with van der Waals surface area (Å²) in [6.07, 6.45) is 4.82. The smallest absolute Gasteiger partial charge is 0.247 e. The molecule has 0 bridgehead atoms. The van der Waals surface area contributed by atoms with Gasteiger partial charge in [-0.1, -0.05) is 18.2 Å². The summed E-state index contributed by atoms with van der Waals surface area (Å²) in [6, 6.07) is 13.1. The lowest BCUT2D eigenvalue weighted by molar-refractivity contribution is 0.101. The van der Waals surface area contributed by atoms with Gasteiger partial charge >= 0.3 is 0 Å². The summed E-state index contributed by atoms with van der Waals surface area (Å²) in [6.45, 7) is 0. The maximum atomic E-state index is 12.5. The van der Waals surface area contributed by atoms with Gasteiger partial charge in [-0.05, 0) is 29.7 Å². The quantitative estimate of drug-likeness (QED) is 0.414. The molecule has 0 saturated heterocycles. The molecule has 3 heterocycles. The summed E-state index contributed by atoms with van der Waals surface area (Å²) in [5.74, 6) is 0.0471. The standard InChI is InChI=1S/C17H10N2O2/c20-17(15-6-3-9-21-15)16-13-10-19-14-5-2-1-4-12(14)11(13)7-8-18-16/h1-10H. The van der Waals surface area contributed by atoms with Crippen molar-refractivity contribution in [1.29, 1.82) is 0 Å². The van der Waals surface area contributed by atoms with E-state index in [1.54, 1.807) is 24.5 Å². The number of nitrogens with zero attached hydrogens (tertiary/aromatic N) is 2. The summed E-state index contributed by atoms with van der Waals surface area (Å²) in [5, 5.41) is 2.70. The fourth-order valence-corrected chi connectivity index (χ4v) is 2.49. The first-order valence-electron chi connectivity index (χ1n) is 6.55. The molecular weight excluding hydrogens is 264 g/mol. The predicted octanol–water partition coefficient (Wildman–Crippen LogP) is 3.61. The Hall–Kier alpha value is -3.01. The maximum absolute atomic E-state index is 12.5. The van der Waals surface area contributed by atoms with Gasteiger partial charge in [0.25, 0.3) is 0 Å². The second-order valence-electron chi connectivity index (χ2n) is 4.70. The Morgan fingerprint density at radius 3 is 2.67 bits per heavy atom. The second kappa shape index (κ2) is 4.52. The van der Waals surface area contributed by atoms with Gasteiger partial charge in [-0.15, -0.1) is 0 Å². The number of para-hydroxylation sites is 1. The molecule has 0 N–H and O–H groups in total. The van der Waals surface area contributed by atoms with E-state index in [0.29, 0.717) is 5.69 Å². The van der Waals surface area contributed by atoms with Crippen molar-refractivity contribution in [1.82, 2.24) is 9.97 Å². The van der Waals surface area contributed by atoms with Crippen LogP contribution in [0.15, 0.2) is 65.5 Å². The van der Waals surface area contributed by atoms with Crippen molar-refractivity contribution in [2.45, 2.75) is 0 Å². The van der Waals surface area contributed by atoms with Gasteiger partial charge in [-0.3, -0.25) is 14.8 Å². The number of carbonyl (C=O) groups is 1. The monoisotopic (exact) mass is 274 g/mol. The van der Waals surface area contributed by atoms with E-state index in [4.69, 9.17) is 4.42 Å². The zero-order valence-electron chi connectivity index (χ0n) is 11.0. The highest BCUT2D eigenvalue weighted by molar-refractivity contribution is 6.17. The third-order valence-corrected chi connectivity index (χ3v) is 3.48. The highest BCUT2D eigenvalue weighted by atomic mass is 16.3. The molecule has 0 amide bonds. The summed E-state index contributed by atoms with van der Waals surface area (Å²) in [7, 11) is 0. The van der Waals surface area contributed by atoms with E-state index < -0.39 is 0 Å². The van der Waals surface area contributed by atoms with Crippen molar-refractivity contribution in [3.05, 3.63) is 72.6 Å². The van der Waals surface area contributed by atoms with Crippen molar-refractivity contribution < 1.29 is 9.21 Å². The first-order valence-corrected chi connectivity index (χ1v) is 6.55. The third kappa shape index (κ3) is 1.80. The number of carbonyl (C=O) groups excluding carboxylic acids is 1. The minimum absolute atomic E-state index is 0.234. The van der Waals surface area contributed by atoms with Crippen molar-refractivity contribution in [2.75, 3.05) is 0 Å². The second-order valence-corrected chi connectivity index (χ2v) is 4.70. The summed E-state index contributed by atoms with van der Waals surface area (Å²) >= 11 is 0. The molecule has 1 aromatic carbocycles. The topological polar surface area (TPSA) is 56.0 Å². The summed E-state index contributed by atoms with van der Waals surface area (Å²) in [5.41, 5.74) is 1.26. The molecular formula is C17H10N2O2. The van der Waals surface area contributed by atoms with Crippen LogP contribution in [0.5, 0.6) is 0 Å². The Morgan fingerprint density at radius 2 is 1.81 bits per heavy atom. The van der Waals surface area contributed by atoms with Crippen molar-refractivity contribution in [3.63, 3.8) is 0 Å². The lowest BCUT2D eigenvalue weighted by Crippen LogP contribution is -2.04. The third-order valence-electron chi connectivity index (χ3n) is 3.48. The van der Waals surface area contributed by atoms with Gasteiger partial charge in [0.1, 0.15) is 5.69 Å². The van der Waals surface area contributed by atoms with Gasteiger partial charge in [0.15, 0.2) is 5.76 Å². The van der Waals surface area contributed by atoms with E-state index in [1.165, 1.54) is 6.26 Å². The number of fused-ring (bicyclic) bond motifs is 3. The van der Waals surface area contributed by atoms with Gasteiger partial charge in [-0.25, -0.2) is 0 Å². The van der Waals surface area contributed by atoms with E-state index in [1.807, 2.05) is 30.3 Å². The van der Waals surface area contributed by atoms with E-state index in [2.05, 4.69) is 9.97 Å². The number of furan rings is 1. The molecule has 4 heteroatoms. The molecule has 0 unspecified atom stereocenters. The molecule has 0 saturated carbocycles. The number of hydrogen-bond acceptors (Lipinski definition) is 4. The number of pyridine rings is 2. The Balaban J connectivity index is 2.03. The van der Waals surface area contributed by atoms with Gasteiger partial charge in [0.05, 0.1) is 11.8 Å². The zero-order chi connectivity index (χ0) is 14.2. The van der Waals surface area contributed by atoms with Crippen LogP contribution in [0, 0.1) is 0 Å². The molecule has 0 aliphatic heterocycles. The van der Waals surface area contributed by atoms with Gasteiger partial charge in [0.2, 0.25) is 5.78 Å². The number of hydrogen-bond donors (Lipinski definition) is 0. The van der Waals surface area contributed by atoms with Crippen LogP contribution in [-0.4, -0.2) is 15.8 Å². The Labute approximate surface area is 120 Å². The average Bonchev–Trinajstić information content (AvgIpc) is 3.08. The number of aromatic nitrogens is 2. The maximum Gasteiger partial charge on any atom is 0.247 e. The number of ketones is 1. The van der Waals surface area contributed by atoms with Crippen molar-refractivity contribution in [3.8, 4) is 0 Å². The highest BCUT2D eigenvalue weighted by Gasteiger charge is 2.17. The number of rotatable bonds is 2. The van der Waals surface area contributed by atoms with Gasteiger partial charge in [0, 0.05) is 23.2 Å². The van der Waals surface area contributed by atoms with Crippen molar-refractivity contribution in [2.24, 2.45) is 0 Å². The Morgan fingerprint density at radius 1 is 0.905 bits per heavy atom. The van der Waals surface area contributed by atoms with Crippen LogP contribution in [0.4, 0.5) is 0 Å². The molecule has 0 aliphatic carbocycles. The van der Waals surface area contributed by atoms with Crippen LogP contribution in [0.1, 0.15) is 16.2 Å². The molecule has 0 aliphatic rings. The summed E-state index contributed by atoms with van der Waals surface area (Å²) < 4.78 is 5.18. The van der Waals surface area contributed by atoms with Crippen LogP contribution >= 0.6 is 0 Å². The van der Waals surface area contributed by atoms with E-state index in [-0.39, 0.29) is 11.5 Å². The average molecular weight is 274 g/mol. The SMILES string of the molecule is O=C(c1ccco1)c1nccc2c1cnc1ccccc12. The lowest BCUT2D eigenvalue weighted by atomic mass is 10.0. The Bertz CT molecular complexity index is 959. The fourth-order valence-electron chi connectivity index (χ4n) is 2.49. The molecule has 0 radical (unpaired) electrons. The zero-order valence-corrected chi connectivity index (χ0v) is 11.0. The van der Waals surface area contributed by atoms with Crippen LogP contribution in [0.25, 0.3) is 21.7 Å². The largest absolute Gasteiger partial charge is 0.461 e. The Kier molecular flexibility index (Phi) is 2.54. The highest BCUT2D eigenvalue weighted by Crippen LogP contribution is 2.25. The van der Waals surface area contributed by atoms with Crippen LogP contribution in [-0.2, 0) is 0 Å². The molecule has 21 heavy (non-hydrogen) atoms. The van der Waals surface area contributed by atoms with Crippen LogP contribution < -0.4 is 0 Å². The molecule has 0 fully saturated rings. The van der Waals surface area contributed by atoms with E-state index >= 15 is 0 Å². The van der Waals surface area contributed by atoms with Crippen LogP contribution in [0.3, 0.4) is 0 Å². The van der Waals surface area contributed by atoms with Crippen LogP contribution in [0.2, 0.25) is 0 Å². The van der Waals surface area contributed by atoms with Crippen molar-refractivity contribution >= 4 is 27.5 Å². The molecule has 4 rings (SSSR count). The minimum Gasteiger partial charge on any atom is -0.461 e. The molecule has 3 aromatic heterocycles. The minimum atomic E-state index is -0.234. The molecule has 0 spiro atoms. The lowest BCUT2D eigenvalue weighted by Gasteiger charge is -2.06. The fraction of sp³-hybridized carbons (Fsp3) is 0. The van der Waals surface area contributed by atoms with E-state index in [0.717, 1.165) is 21.7 Å². The van der Waals surface area contributed by atoms with E-state index in [9.17, 15) is 4.79 Å². The summed E-state index contributed by atoms with van der Waals surface area (Å²) in [4.78, 5) is 21.1. The first-order chi connectivity index (χ1) is 10.3. The molecule has 4 aromatic rings. The van der Waals surface area contributed by atoms with Gasteiger partial charge < -0.3 is 4.42 Å². The predicted molar refractivity (Wildman–Crippen MR) is 79.2 cm³/mol. The molecule has 4 nitrogen and oxygen atoms in total. The molecule has 0 atom stereocenters.